The third-order valence-corrected chi connectivity index (χ3v) is 2.73. The normalized spacial score (nSPS) is 17.9. The molecule has 0 atom stereocenters. The molecule has 0 unspecified atom stereocenters. The van der Waals surface area contributed by atoms with Crippen molar-refractivity contribution in [2.24, 2.45) is 5.41 Å². The van der Waals surface area contributed by atoms with E-state index < -0.39 is 11.4 Å². The third kappa shape index (κ3) is 2.46. The van der Waals surface area contributed by atoms with Crippen LogP contribution < -0.4 is 5.32 Å². The molecule has 0 spiro atoms. The number of carbonyl (C=O) groups is 2. The van der Waals surface area contributed by atoms with Crippen molar-refractivity contribution in [3.05, 3.63) is 0 Å². The third-order valence-electron chi connectivity index (χ3n) is 2.73. The van der Waals surface area contributed by atoms with Gasteiger partial charge in [-0.25, -0.2) is 0 Å². The largest absolute Gasteiger partial charge is 0.468 e. The number of nitriles is 1. The standard InChI is InChI=1S/C10H14N2O3/c1-15-8(13)6-12-9(14)10(7-11)4-2-3-5-10/h2-6H2,1H3,(H,12,14). The number of amides is 1. The Kier molecular flexibility index (Phi) is 3.67. The van der Waals surface area contributed by atoms with Crippen LogP contribution in [0.15, 0.2) is 0 Å². The summed E-state index contributed by atoms with van der Waals surface area (Å²) in [4.78, 5) is 22.5. The highest BCUT2D eigenvalue weighted by molar-refractivity contribution is 5.88. The Bertz CT molecular complexity index is 300. The van der Waals surface area contributed by atoms with Crippen LogP contribution in [0.2, 0.25) is 0 Å². The molecule has 0 saturated heterocycles. The van der Waals surface area contributed by atoms with E-state index in [1.807, 2.05) is 0 Å². The molecule has 1 amide bonds. The molecule has 0 bridgehead atoms. The van der Waals surface area contributed by atoms with Crippen LogP contribution in [0.5, 0.6) is 0 Å². The average Bonchev–Trinajstić information content (AvgIpc) is 2.75. The van der Waals surface area contributed by atoms with E-state index in [2.05, 4.69) is 16.1 Å². The molecule has 82 valence electrons. The van der Waals surface area contributed by atoms with Crippen LogP contribution in [-0.4, -0.2) is 25.5 Å². The minimum atomic E-state index is -0.923. The number of ether oxygens (including phenoxy) is 1. The summed E-state index contributed by atoms with van der Waals surface area (Å²) in [7, 11) is 1.25. The first kappa shape index (κ1) is 11.5. The van der Waals surface area contributed by atoms with E-state index in [1.165, 1.54) is 7.11 Å². The maximum absolute atomic E-state index is 11.7. The van der Waals surface area contributed by atoms with Gasteiger partial charge in [0.05, 0.1) is 13.2 Å². The van der Waals surface area contributed by atoms with Gasteiger partial charge >= 0.3 is 5.97 Å². The lowest BCUT2D eigenvalue weighted by atomic mass is 9.87. The molecule has 0 aliphatic heterocycles. The number of methoxy groups -OCH3 is 1. The van der Waals surface area contributed by atoms with Crippen molar-refractivity contribution in [3.8, 4) is 6.07 Å². The minimum absolute atomic E-state index is 0.168. The number of esters is 1. The Morgan fingerprint density at radius 1 is 1.47 bits per heavy atom. The Balaban J connectivity index is 2.52. The molecule has 0 heterocycles. The SMILES string of the molecule is COC(=O)CNC(=O)C1(C#N)CCCC1. The van der Waals surface area contributed by atoms with Crippen molar-refractivity contribution >= 4 is 11.9 Å². The van der Waals surface area contributed by atoms with E-state index >= 15 is 0 Å². The number of nitrogens with zero attached hydrogens (tertiary/aromatic N) is 1. The van der Waals surface area contributed by atoms with E-state index in [0.29, 0.717) is 12.8 Å². The summed E-state index contributed by atoms with van der Waals surface area (Å²) < 4.78 is 4.39. The zero-order valence-corrected chi connectivity index (χ0v) is 8.71. The number of hydrogen-bond acceptors (Lipinski definition) is 4. The van der Waals surface area contributed by atoms with Crippen molar-refractivity contribution in [1.29, 1.82) is 5.26 Å². The number of nitrogens with one attached hydrogen (secondary N) is 1. The molecule has 5 heteroatoms. The Morgan fingerprint density at radius 2 is 2.07 bits per heavy atom. The highest BCUT2D eigenvalue weighted by Crippen LogP contribution is 2.37. The van der Waals surface area contributed by atoms with Crippen molar-refractivity contribution in [1.82, 2.24) is 5.32 Å². The molecule has 15 heavy (non-hydrogen) atoms. The molecular weight excluding hydrogens is 196 g/mol. The predicted molar refractivity (Wildman–Crippen MR) is 51.5 cm³/mol. The van der Waals surface area contributed by atoms with Gasteiger partial charge in [0.2, 0.25) is 5.91 Å². The van der Waals surface area contributed by atoms with Crippen LogP contribution in [0.1, 0.15) is 25.7 Å². The lowest BCUT2D eigenvalue weighted by Crippen LogP contribution is -2.40. The van der Waals surface area contributed by atoms with Gasteiger partial charge in [-0.15, -0.1) is 0 Å². The van der Waals surface area contributed by atoms with Gasteiger partial charge in [-0.2, -0.15) is 5.26 Å². The molecule has 5 nitrogen and oxygen atoms in total. The number of hydrogen-bond donors (Lipinski definition) is 1. The van der Waals surface area contributed by atoms with Gasteiger partial charge in [-0.05, 0) is 12.8 Å². The number of rotatable bonds is 3. The Labute approximate surface area is 88.4 Å². The monoisotopic (exact) mass is 210 g/mol. The van der Waals surface area contributed by atoms with E-state index in [9.17, 15) is 9.59 Å². The van der Waals surface area contributed by atoms with Crippen LogP contribution >= 0.6 is 0 Å². The highest BCUT2D eigenvalue weighted by Gasteiger charge is 2.41. The summed E-state index contributed by atoms with van der Waals surface area (Å²) in [5.74, 6) is -0.859. The molecule has 0 aromatic carbocycles. The highest BCUT2D eigenvalue weighted by atomic mass is 16.5. The summed E-state index contributed by atoms with van der Waals surface area (Å²) in [5, 5.41) is 11.4. The minimum Gasteiger partial charge on any atom is -0.468 e. The van der Waals surface area contributed by atoms with Gasteiger partial charge in [-0.3, -0.25) is 9.59 Å². The van der Waals surface area contributed by atoms with Gasteiger partial charge < -0.3 is 10.1 Å². The van der Waals surface area contributed by atoms with Crippen LogP contribution in [0, 0.1) is 16.7 Å². The van der Waals surface area contributed by atoms with Gasteiger partial charge in [0.1, 0.15) is 12.0 Å². The lowest BCUT2D eigenvalue weighted by Gasteiger charge is -2.18. The molecular formula is C10H14N2O3. The first-order valence-corrected chi connectivity index (χ1v) is 4.91. The van der Waals surface area contributed by atoms with Crippen molar-refractivity contribution in [2.45, 2.75) is 25.7 Å². The zero-order chi connectivity index (χ0) is 11.3. The molecule has 0 aromatic heterocycles. The summed E-state index contributed by atoms with van der Waals surface area (Å²) >= 11 is 0. The second-order valence-electron chi connectivity index (χ2n) is 3.66. The topological polar surface area (TPSA) is 79.2 Å². The first-order valence-electron chi connectivity index (χ1n) is 4.91. The quantitative estimate of drug-likeness (QED) is 0.682. The maximum atomic E-state index is 11.7. The fourth-order valence-corrected chi connectivity index (χ4v) is 1.76. The van der Waals surface area contributed by atoms with Gasteiger partial charge in [-0.1, -0.05) is 12.8 Å². The maximum Gasteiger partial charge on any atom is 0.325 e. The Hall–Kier alpha value is -1.57. The molecule has 1 rings (SSSR count). The van der Waals surface area contributed by atoms with Crippen LogP contribution in [0.3, 0.4) is 0 Å². The molecule has 1 aliphatic carbocycles. The molecule has 1 saturated carbocycles. The second kappa shape index (κ2) is 4.78. The second-order valence-corrected chi connectivity index (χ2v) is 3.66. The summed E-state index contributed by atoms with van der Waals surface area (Å²) in [6.07, 6.45) is 2.94. The Morgan fingerprint density at radius 3 is 2.53 bits per heavy atom. The fraction of sp³-hybridized carbons (Fsp3) is 0.700. The van der Waals surface area contributed by atoms with Gasteiger partial charge in [0.25, 0.3) is 0 Å². The van der Waals surface area contributed by atoms with E-state index in [0.717, 1.165) is 12.8 Å². The van der Waals surface area contributed by atoms with Gasteiger partial charge in [0.15, 0.2) is 0 Å². The molecule has 1 aliphatic rings. The molecule has 0 aromatic rings. The number of carbonyl (C=O) groups excluding carboxylic acids is 2. The van der Waals surface area contributed by atoms with Crippen LogP contribution in [0.4, 0.5) is 0 Å². The van der Waals surface area contributed by atoms with E-state index in [-0.39, 0.29) is 12.5 Å². The zero-order valence-electron chi connectivity index (χ0n) is 8.71. The molecule has 1 N–H and O–H groups in total. The van der Waals surface area contributed by atoms with Gasteiger partial charge in [0, 0.05) is 0 Å². The van der Waals surface area contributed by atoms with Crippen molar-refractivity contribution in [3.63, 3.8) is 0 Å². The summed E-state index contributed by atoms with van der Waals surface area (Å²) in [6.45, 7) is -0.168. The van der Waals surface area contributed by atoms with Crippen LogP contribution in [0.25, 0.3) is 0 Å². The average molecular weight is 210 g/mol. The van der Waals surface area contributed by atoms with Crippen LogP contribution in [-0.2, 0) is 14.3 Å². The molecule has 0 radical (unpaired) electrons. The van der Waals surface area contributed by atoms with Crippen molar-refractivity contribution in [2.75, 3.05) is 13.7 Å². The molecule has 1 fully saturated rings. The predicted octanol–water partition coefficient (Wildman–Crippen LogP) is 0.360. The fourth-order valence-electron chi connectivity index (χ4n) is 1.76. The van der Waals surface area contributed by atoms with E-state index in [4.69, 9.17) is 5.26 Å². The lowest BCUT2D eigenvalue weighted by molar-refractivity contribution is -0.142. The first-order chi connectivity index (χ1) is 7.14. The summed E-state index contributed by atoms with van der Waals surface area (Å²) in [6, 6.07) is 2.05. The summed E-state index contributed by atoms with van der Waals surface area (Å²) in [5.41, 5.74) is -0.923. The van der Waals surface area contributed by atoms with E-state index in [1.54, 1.807) is 0 Å². The smallest absolute Gasteiger partial charge is 0.325 e. The van der Waals surface area contributed by atoms with Crippen molar-refractivity contribution < 1.29 is 14.3 Å².